The summed E-state index contributed by atoms with van der Waals surface area (Å²) in [7, 11) is 0. The first-order chi connectivity index (χ1) is 6.70. The predicted octanol–water partition coefficient (Wildman–Crippen LogP) is 2.97. The molecule has 0 saturated carbocycles. The zero-order valence-corrected chi connectivity index (χ0v) is 10.0. The third-order valence-electron chi connectivity index (χ3n) is 1.78. The molecule has 14 heavy (non-hydrogen) atoms. The van der Waals surface area contributed by atoms with Crippen LogP contribution >= 0.6 is 31.9 Å². The summed E-state index contributed by atoms with van der Waals surface area (Å²) >= 11 is 6.51. The molecular weight excluding hydrogens is 312 g/mol. The van der Waals surface area contributed by atoms with Crippen LogP contribution in [0.2, 0.25) is 0 Å². The van der Waals surface area contributed by atoms with Crippen LogP contribution in [-0.4, -0.2) is 16.3 Å². The Hall–Kier alpha value is -0.810. The van der Waals surface area contributed by atoms with Crippen molar-refractivity contribution >= 4 is 49.0 Å². The summed E-state index contributed by atoms with van der Waals surface area (Å²) in [5, 5.41) is 0.831. The largest absolute Gasteiger partial charge is 0.298 e. The maximum Gasteiger partial charge on any atom is 0.198 e. The molecule has 5 heteroatoms. The Morgan fingerprint density at radius 2 is 2.00 bits per heavy atom. The molecule has 0 amide bonds. The first kappa shape index (κ1) is 9.73. The molecule has 2 aromatic rings. The van der Waals surface area contributed by atoms with Gasteiger partial charge in [-0.15, -0.1) is 0 Å². The lowest BCUT2D eigenvalue weighted by atomic mass is 10.2. The topological polar surface area (TPSA) is 42.9 Å². The third kappa shape index (κ3) is 1.69. The van der Waals surface area contributed by atoms with Crippen LogP contribution in [0.3, 0.4) is 0 Å². The van der Waals surface area contributed by atoms with E-state index in [2.05, 4.69) is 41.8 Å². The van der Waals surface area contributed by atoms with Gasteiger partial charge in [-0.25, -0.2) is 9.97 Å². The average molecular weight is 316 g/mol. The number of halogens is 2. The van der Waals surface area contributed by atoms with Gasteiger partial charge in [0.15, 0.2) is 4.73 Å². The number of aromatic nitrogens is 2. The summed E-state index contributed by atoms with van der Waals surface area (Å²) in [6.45, 7) is 0. The van der Waals surface area contributed by atoms with E-state index in [-0.39, 0.29) is 0 Å². The molecule has 0 spiro atoms. The van der Waals surface area contributed by atoms with Crippen LogP contribution in [0.5, 0.6) is 0 Å². The second-order valence-electron chi connectivity index (χ2n) is 2.68. The smallest absolute Gasteiger partial charge is 0.198 e. The lowest BCUT2D eigenvalue weighted by Crippen LogP contribution is -1.89. The molecule has 0 aliphatic rings. The highest BCUT2D eigenvalue weighted by Crippen LogP contribution is 2.23. The molecule has 3 nitrogen and oxygen atoms in total. The third-order valence-corrected chi connectivity index (χ3v) is 2.74. The fourth-order valence-electron chi connectivity index (χ4n) is 1.16. The Bertz CT molecular complexity index is 513. The maximum atomic E-state index is 10.6. The van der Waals surface area contributed by atoms with E-state index in [4.69, 9.17) is 0 Å². The molecule has 70 valence electrons. The van der Waals surface area contributed by atoms with Gasteiger partial charge in [0, 0.05) is 10.9 Å². The molecule has 0 N–H and O–H groups in total. The van der Waals surface area contributed by atoms with Crippen LogP contribution in [0.4, 0.5) is 0 Å². The van der Waals surface area contributed by atoms with E-state index < -0.39 is 0 Å². The number of benzene rings is 1. The highest BCUT2D eigenvalue weighted by Gasteiger charge is 2.04. The summed E-state index contributed by atoms with van der Waals surface area (Å²) in [4.78, 5) is 18.8. The summed E-state index contributed by atoms with van der Waals surface area (Å²) in [6.07, 6.45) is 0.800. The second-order valence-corrected chi connectivity index (χ2v) is 4.14. The van der Waals surface area contributed by atoms with E-state index >= 15 is 0 Å². The molecule has 0 radical (unpaired) electrons. The van der Waals surface area contributed by atoms with Gasteiger partial charge >= 0.3 is 0 Å². The van der Waals surface area contributed by atoms with Crippen molar-refractivity contribution in [3.8, 4) is 0 Å². The Kier molecular flexibility index (Phi) is 2.60. The van der Waals surface area contributed by atoms with Gasteiger partial charge in [0.25, 0.3) is 0 Å². The molecule has 0 aliphatic carbocycles. The van der Waals surface area contributed by atoms with Crippen molar-refractivity contribution in [1.29, 1.82) is 0 Å². The molecule has 0 atom stereocenters. The van der Waals surface area contributed by atoms with Gasteiger partial charge in [0.05, 0.1) is 5.52 Å². The number of rotatable bonds is 1. The van der Waals surface area contributed by atoms with Crippen LogP contribution < -0.4 is 0 Å². The van der Waals surface area contributed by atoms with Gasteiger partial charge in [-0.05, 0) is 50.1 Å². The van der Waals surface area contributed by atoms with Gasteiger partial charge in [0.2, 0.25) is 0 Å². The fourth-order valence-corrected chi connectivity index (χ4v) is 2.25. The minimum atomic E-state index is 0.524. The highest BCUT2D eigenvalue weighted by atomic mass is 79.9. The van der Waals surface area contributed by atoms with Crippen LogP contribution in [0.25, 0.3) is 10.9 Å². The van der Waals surface area contributed by atoms with Crippen LogP contribution in [0.1, 0.15) is 10.4 Å². The lowest BCUT2D eigenvalue weighted by molar-refractivity contribution is 0.112. The number of aldehydes is 1. The average Bonchev–Trinajstić information content (AvgIpc) is 2.17. The van der Waals surface area contributed by atoms with Crippen molar-refractivity contribution in [2.45, 2.75) is 0 Å². The summed E-state index contributed by atoms with van der Waals surface area (Å²) in [5.74, 6) is 0. The van der Waals surface area contributed by atoms with Crippen LogP contribution in [-0.2, 0) is 0 Å². The zero-order valence-electron chi connectivity index (χ0n) is 6.87. The second kappa shape index (κ2) is 3.74. The van der Waals surface area contributed by atoms with Crippen molar-refractivity contribution in [2.75, 3.05) is 0 Å². The summed E-state index contributed by atoms with van der Waals surface area (Å²) in [6, 6.07) is 5.26. The molecule has 0 unspecified atom stereocenters. The maximum absolute atomic E-state index is 10.6. The Morgan fingerprint density at radius 3 is 2.71 bits per heavy atom. The van der Waals surface area contributed by atoms with Crippen molar-refractivity contribution in [3.05, 3.63) is 33.1 Å². The van der Waals surface area contributed by atoms with Crippen molar-refractivity contribution in [3.63, 3.8) is 0 Å². The van der Waals surface area contributed by atoms with Crippen molar-refractivity contribution in [1.82, 2.24) is 9.97 Å². The van der Waals surface area contributed by atoms with E-state index in [1.54, 1.807) is 18.2 Å². The summed E-state index contributed by atoms with van der Waals surface area (Å²) < 4.78 is 1.20. The molecule has 0 saturated heterocycles. The van der Waals surface area contributed by atoms with Crippen molar-refractivity contribution in [2.24, 2.45) is 0 Å². The minimum Gasteiger partial charge on any atom is -0.298 e. The molecule has 0 fully saturated rings. The van der Waals surface area contributed by atoms with Gasteiger partial charge in [0.1, 0.15) is 10.9 Å². The number of hydrogen-bond donors (Lipinski definition) is 0. The first-order valence-corrected chi connectivity index (χ1v) is 5.37. The number of hydrogen-bond acceptors (Lipinski definition) is 3. The minimum absolute atomic E-state index is 0.524. The number of carbonyl (C=O) groups excluding carboxylic acids is 1. The first-order valence-electron chi connectivity index (χ1n) is 3.78. The molecular formula is C9H4Br2N2O. The summed E-state index contributed by atoms with van der Waals surface area (Å²) in [5.41, 5.74) is 1.41. The SMILES string of the molecule is O=Cc1ccc2nc(Br)nc(Br)c2c1. The van der Waals surface area contributed by atoms with E-state index in [1.807, 2.05) is 0 Å². The standard InChI is InChI=1S/C9H4Br2N2O/c10-8-6-3-5(4-14)1-2-7(6)12-9(11)13-8/h1-4H. The monoisotopic (exact) mass is 314 g/mol. The Labute approximate surface area is 96.8 Å². The molecule has 0 aliphatic heterocycles. The number of carbonyl (C=O) groups is 1. The zero-order chi connectivity index (χ0) is 10.1. The normalized spacial score (nSPS) is 10.4. The fraction of sp³-hybridized carbons (Fsp3) is 0. The van der Waals surface area contributed by atoms with Gasteiger partial charge in [-0.3, -0.25) is 4.79 Å². The van der Waals surface area contributed by atoms with Gasteiger partial charge in [-0.2, -0.15) is 0 Å². The molecule has 1 aromatic carbocycles. The van der Waals surface area contributed by atoms with Crippen molar-refractivity contribution < 1.29 is 4.79 Å². The molecule has 0 bridgehead atoms. The number of fused-ring (bicyclic) bond motifs is 1. The van der Waals surface area contributed by atoms with E-state index in [0.717, 1.165) is 17.2 Å². The Balaban J connectivity index is 2.81. The van der Waals surface area contributed by atoms with Gasteiger partial charge in [-0.1, -0.05) is 0 Å². The van der Waals surface area contributed by atoms with Gasteiger partial charge < -0.3 is 0 Å². The Morgan fingerprint density at radius 1 is 1.21 bits per heavy atom. The number of nitrogens with zero attached hydrogens (tertiary/aromatic N) is 2. The van der Waals surface area contributed by atoms with Crippen LogP contribution in [0.15, 0.2) is 27.5 Å². The van der Waals surface area contributed by atoms with E-state index in [0.29, 0.717) is 14.9 Å². The quantitative estimate of drug-likeness (QED) is 0.461. The highest BCUT2D eigenvalue weighted by molar-refractivity contribution is 9.11. The van der Waals surface area contributed by atoms with Crippen LogP contribution in [0, 0.1) is 0 Å². The van der Waals surface area contributed by atoms with E-state index in [9.17, 15) is 4.79 Å². The molecule has 1 heterocycles. The molecule has 2 rings (SSSR count). The molecule has 1 aromatic heterocycles. The predicted molar refractivity (Wildman–Crippen MR) is 60.3 cm³/mol. The lowest BCUT2D eigenvalue weighted by Gasteiger charge is -2.00. The van der Waals surface area contributed by atoms with E-state index in [1.165, 1.54) is 0 Å².